The Kier molecular flexibility index (Phi) is 12.8. The number of benzene rings is 1. The molecule has 0 unspecified atom stereocenters. The summed E-state index contributed by atoms with van der Waals surface area (Å²) in [7, 11) is 0. The number of aliphatic carboxylic acids is 1. The summed E-state index contributed by atoms with van der Waals surface area (Å²) in [5.74, 6) is -0.0726. The van der Waals surface area contributed by atoms with Crippen molar-refractivity contribution in [2.75, 3.05) is 6.61 Å². The molecule has 1 atom stereocenters. The molecule has 0 saturated carbocycles. The highest BCUT2D eigenvalue weighted by Crippen LogP contribution is 2.20. The van der Waals surface area contributed by atoms with E-state index in [4.69, 9.17) is 9.84 Å². The number of rotatable bonds is 15. The van der Waals surface area contributed by atoms with Crippen LogP contribution in [0, 0.1) is 0 Å². The smallest absolute Gasteiger partial charge is 0.303 e. The highest BCUT2D eigenvalue weighted by molar-refractivity contribution is 5.66. The fourth-order valence-corrected chi connectivity index (χ4v) is 2.74. The Morgan fingerprint density at radius 3 is 2.59 bits per heavy atom. The molecule has 0 radical (unpaired) electrons. The lowest BCUT2D eigenvalue weighted by Crippen LogP contribution is -2.02. The van der Waals surface area contributed by atoms with Crippen molar-refractivity contribution in [1.29, 1.82) is 0 Å². The van der Waals surface area contributed by atoms with Crippen LogP contribution in [0.5, 0.6) is 5.75 Å². The van der Waals surface area contributed by atoms with Gasteiger partial charge in [-0.1, -0.05) is 88.0 Å². The van der Waals surface area contributed by atoms with Crippen LogP contribution in [0.1, 0.15) is 70.3 Å². The molecule has 1 rings (SSSR count). The summed E-state index contributed by atoms with van der Waals surface area (Å²) < 4.78 is 5.67. The lowest BCUT2D eigenvalue weighted by atomic mass is 10.1. The molecular weight excluding hydrogens is 340 g/mol. The van der Waals surface area contributed by atoms with Crippen LogP contribution in [0.25, 0.3) is 6.08 Å². The first-order valence-electron chi connectivity index (χ1n) is 10.1. The molecule has 4 heteroatoms. The van der Waals surface area contributed by atoms with Crippen LogP contribution in [-0.4, -0.2) is 28.9 Å². The topological polar surface area (TPSA) is 66.8 Å². The number of carbonyl (C=O) groups is 1. The number of ether oxygens (including phenoxy) is 1. The van der Waals surface area contributed by atoms with Crippen molar-refractivity contribution >= 4 is 12.0 Å². The average molecular weight is 375 g/mol. The molecule has 150 valence electrons. The molecule has 0 aliphatic rings. The molecule has 0 fully saturated rings. The van der Waals surface area contributed by atoms with Gasteiger partial charge < -0.3 is 14.9 Å². The van der Waals surface area contributed by atoms with Crippen molar-refractivity contribution in [3.8, 4) is 5.75 Å². The van der Waals surface area contributed by atoms with Crippen LogP contribution < -0.4 is 4.74 Å². The van der Waals surface area contributed by atoms with Gasteiger partial charge in [0.2, 0.25) is 0 Å². The zero-order chi connectivity index (χ0) is 19.7. The average Bonchev–Trinajstić information content (AvgIpc) is 2.66. The lowest BCUT2D eigenvalue weighted by Gasteiger charge is -2.08. The largest absolute Gasteiger partial charge is 0.493 e. The quantitative estimate of drug-likeness (QED) is 0.309. The minimum atomic E-state index is -0.809. The van der Waals surface area contributed by atoms with Crippen LogP contribution in [-0.2, 0) is 4.79 Å². The van der Waals surface area contributed by atoms with E-state index >= 15 is 0 Å². The number of hydrogen-bond acceptors (Lipinski definition) is 3. The van der Waals surface area contributed by atoms with Crippen LogP contribution in [0.3, 0.4) is 0 Å². The molecule has 27 heavy (non-hydrogen) atoms. The van der Waals surface area contributed by atoms with Gasteiger partial charge in [0.25, 0.3) is 0 Å². The van der Waals surface area contributed by atoms with Gasteiger partial charge in [-0.05, 0) is 18.9 Å². The highest BCUT2D eigenvalue weighted by Gasteiger charge is 2.01. The number of aliphatic hydroxyl groups excluding tert-OH is 1. The Bertz CT molecular complexity index is 577. The predicted molar refractivity (Wildman–Crippen MR) is 111 cm³/mol. The van der Waals surface area contributed by atoms with E-state index in [1.165, 1.54) is 32.1 Å². The molecule has 0 amide bonds. The molecular formula is C23H34O4. The molecule has 0 aliphatic heterocycles. The summed E-state index contributed by atoms with van der Waals surface area (Å²) in [5, 5.41) is 18.7. The van der Waals surface area contributed by atoms with Gasteiger partial charge >= 0.3 is 5.97 Å². The van der Waals surface area contributed by atoms with Gasteiger partial charge in [-0.2, -0.15) is 0 Å². The molecule has 0 spiro atoms. The third kappa shape index (κ3) is 12.0. The number of allylic oxidation sites excluding steroid dienone is 2. The highest BCUT2D eigenvalue weighted by atomic mass is 16.5. The first-order valence-corrected chi connectivity index (χ1v) is 10.1. The maximum atomic E-state index is 10.5. The first kappa shape index (κ1) is 23.0. The summed E-state index contributed by atoms with van der Waals surface area (Å²) in [6.07, 6.45) is 15.9. The second-order valence-electron chi connectivity index (χ2n) is 6.75. The van der Waals surface area contributed by atoms with E-state index in [0.717, 1.165) is 24.2 Å². The molecule has 1 aromatic rings. The standard InChI is InChI=1S/C23H34O4/c1-2-3-4-5-6-7-15-21(24)16-10-8-13-20-14-9-11-17-22(20)27-19-12-18-23(25)26/h8-11,13-14,16-17,21,24H,2-7,12,15,18-19H2,1H3,(H,25,26)/b13-8+,16-10+/t21-/m1/s1. The van der Waals surface area contributed by atoms with Gasteiger partial charge in [-0.15, -0.1) is 0 Å². The first-order chi connectivity index (χ1) is 13.1. The molecule has 0 aromatic heterocycles. The Morgan fingerprint density at radius 2 is 1.81 bits per heavy atom. The zero-order valence-electron chi connectivity index (χ0n) is 16.5. The van der Waals surface area contributed by atoms with Crippen molar-refractivity contribution in [3.05, 3.63) is 48.1 Å². The van der Waals surface area contributed by atoms with Crippen LogP contribution >= 0.6 is 0 Å². The van der Waals surface area contributed by atoms with Gasteiger partial charge in [0.1, 0.15) is 5.75 Å². The van der Waals surface area contributed by atoms with E-state index in [-0.39, 0.29) is 6.42 Å². The number of aliphatic hydroxyl groups is 1. The maximum Gasteiger partial charge on any atom is 0.303 e. The van der Waals surface area contributed by atoms with E-state index in [1.807, 2.05) is 48.6 Å². The second-order valence-corrected chi connectivity index (χ2v) is 6.75. The van der Waals surface area contributed by atoms with E-state index in [2.05, 4.69) is 6.92 Å². The molecule has 1 aromatic carbocycles. The lowest BCUT2D eigenvalue weighted by molar-refractivity contribution is -0.137. The fourth-order valence-electron chi connectivity index (χ4n) is 2.74. The van der Waals surface area contributed by atoms with Gasteiger partial charge in [0, 0.05) is 12.0 Å². The summed E-state index contributed by atoms with van der Waals surface area (Å²) >= 11 is 0. The van der Waals surface area contributed by atoms with Crippen molar-refractivity contribution in [1.82, 2.24) is 0 Å². The Balaban J connectivity index is 2.34. The Hall–Kier alpha value is -2.07. The zero-order valence-corrected chi connectivity index (χ0v) is 16.5. The fraction of sp³-hybridized carbons (Fsp3) is 0.522. The summed E-state index contributed by atoms with van der Waals surface area (Å²) in [6, 6.07) is 7.64. The second kappa shape index (κ2) is 15.0. The normalized spacial score (nSPS) is 12.7. The molecule has 0 aliphatic carbocycles. The van der Waals surface area contributed by atoms with E-state index in [9.17, 15) is 9.90 Å². The summed E-state index contributed by atoms with van der Waals surface area (Å²) in [4.78, 5) is 10.5. The number of carboxylic acid groups (broad SMARTS) is 1. The SMILES string of the molecule is CCCCCCCC[C@@H](O)/C=C/C=C/c1ccccc1OCCCC(=O)O. The number of hydrogen-bond donors (Lipinski definition) is 2. The third-order valence-corrected chi connectivity index (χ3v) is 4.29. The summed E-state index contributed by atoms with van der Waals surface area (Å²) in [6.45, 7) is 2.59. The van der Waals surface area contributed by atoms with E-state index in [0.29, 0.717) is 13.0 Å². The summed E-state index contributed by atoms with van der Waals surface area (Å²) in [5.41, 5.74) is 0.933. The Labute approximate surface area is 163 Å². The molecule has 2 N–H and O–H groups in total. The molecule has 0 bridgehead atoms. The third-order valence-electron chi connectivity index (χ3n) is 4.29. The predicted octanol–water partition coefficient (Wildman–Crippen LogP) is 5.61. The van der Waals surface area contributed by atoms with Gasteiger partial charge in [-0.3, -0.25) is 4.79 Å². The molecule has 0 heterocycles. The van der Waals surface area contributed by atoms with Crippen molar-refractivity contribution < 1.29 is 19.7 Å². The van der Waals surface area contributed by atoms with Gasteiger partial charge in [0.05, 0.1) is 12.7 Å². The van der Waals surface area contributed by atoms with E-state index in [1.54, 1.807) is 0 Å². The van der Waals surface area contributed by atoms with Gasteiger partial charge in [0.15, 0.2) is 0 Å². The minimum absolute atomic E-state index is 0.108. The van der Waals surface area contributed by atoms with Crippen LogP contribution in [0.15, 0.2) is 42.5 Å². The monoisotopic (exact) mass is 374 g/mol. The minimum Gasteiger partial charge on any atom is -0.493 e. The van der Waals surface area contributed by atoms with Gasteiger partial charge in [-0.25, -0.2) is 0 Å². The van der Waals surface area contributed by atoms with Crippen molar-refractivity contribution in [2.24, 2.45) is 0 Å². The van der Waals surface area contributed by atoms with Crippen LogP contribution in [0.2, 0.25) is 0 Å². The van der Waals surface area contributed by atoms with E-state index < -0.39 is 12.1 Å². The number of para-hydroxylation sites is 1. The number of carboxylic acids is 1. The molecule has 0 saturated heterocycles. The van der Waals surface area contributed by atoms with Crippen molar-refractivity contribution in [2.45, 2.75) is 70.8 Å². The van der Waals surface area contributed by atoms with Crippen molar-refractivity contribution in [3.63, 3.8) is 0 Å². The maximum absolute atomic E-state index is 10.5. The van der Waals surface area contributed by atoms with Crippen LogP contribution in [0.4, 0.5) is 0 Å². The number of unbranched alkanes of at least 4 members (excludes halogenated alkanes) is 5. The molecule has 4 nitrogen and oxygen atoms in total. The Morgan fingerprint density at radius 1 is 1.07 bits per heavy atom.